The largest absolute Gasteiger partial charge is 0.363 e. The average molecular weight is 292 g/mol. The van der Waals surface area contributed by atoms with Crippen molar-refractivity contribution >= 4 is 11.8 Å². The number of anilines is 1. The van der Waals surface area contributed by atoms with Gasteiger partial charge in [-0.1, -0.05) is 26.2 Å². The number of nitrogens with one attached hydrogen (secondary N) is 2. The molecule has 0 aromatic carbocycles. The fourth-order valence-electron chi connectivity index (χ4n) is 2.04. The average Bonchev–Trinajstić information content (AvgIpc) is 2.45. The van der Waals surface area contributed by atoms with Crippen LogP contribution in [0.2, 0.25) is 0 Å². The van der Waals surface area contributed by atoms with Crippen LogP contribution in [0.5, 0.6) is 0 Å². The van der Waals surface area contributed by atoms with Crippen LogP contribution in [0.25, 0.3) is 0 Å². The van der Waals surface area contributed by atoms with Crippen molar-refractivity contribution in [2.24, 2.45) is 0 Å². The summed E-state index contributed by atoms with van der Waals surface area (Å²) in [5.41, 5.74) is 1.04. The topological polar surface area (TPSA) is 57.3 Å². The van der Waals surface area contributed by atoms with Gasteiger partial charge in [0.25, 0.3) is 0 Å². The Labute approximate surface area is 128 Å². The van der Waals surface area contributed by atoms with Crippen molar-refractivity contribution in [2.45, 2.75) is 52.1 Å². The molecule has 118 valence electrons. The Kier molecular flexibility index (Phi) is 7.58. The van der Waals surface area contributed by atoms with Crippen LogP contribution in [-0.4, -0.2) is 31.2 Å². The zero-order valence-electron chi connectivity index (χ0n) is 13.6. The molecule has 21 heavy (non-hydrogen) atoms. The van der Waals surface area contributed by atoms with E-state index in [1.807, 2.05) is 38.1 Å². The Balaban J connectivity index is 2.34. The molecule has 0 radical (unpaired) electrons. The summed E-state index contributed by atoms with van der Waals surface area (Å²) < 4.78 is 0. The van der Waals surface area contributed by atoms with E-state index in [1.54, 1.807) is 6.20 Å². The van der Waals surface area contributed by atoms with Gasteiger partial charge in [-0.25, -0.2) is 9.78 Å². The van der Waals surface area contributed by atoms with Gasteiger partial charge in [-0.2, -0.15) is 0 Å². The maximum atomic E-state index is 11.8. The number of aromatic nitrogens is 1. The molecule has 5 heteroatoms. The smallest absolute Gasteiger partial charge is 0.315 e. The van der Waals surface area contributed by atoms with Gasteiger partial charge in [0, 0.05) is 32.9 Å². The summed E-state index contributed by atoms with van der Waals surface area (Å²) in [6, 6.07) is 4.00. The molecule has 2 amide bonds. The van der Waals surface area contributed by atoms with Gasteiger partial charge in [0.1, 0.15) is 5.82 Å². The number of carbonyl (C=O) groups excluding carboxylic acids is 1. The summed E-state index contributed by atoms with van der Waals surface area (Å²) >= 11 is 0. The van der Waals surface area contributed by atoms with Crippen LogP contribution in [0.1, 0.15) is 45.1 Å². The second-order valence-corrected chi connectivity index (χ2v) is 5.64. The van der Waals surface area contributed by atoms with E-state index in [1.165, 1.54) is 12.8 Å². The molecule has 0 saturated heterocycles. The maximum Gasteiger partial charge on any atom is 0.315 e. The highest BCUT2D eigenvalue weighted by Crippen LogP contribution is 2.09. The first-order valence-corrected chi connectivity index (χ1v) is 7.69. The van der Waals surface area contributed by atoms with Crippen LogP contribution in [0.15, 0.2) is 18.3 Å². The van der Waals surface area contributed by atoms with E-state index in [4.69, 9.17) is 0 Å². The van der Waals surface area contributed by atoms with Gasteiger partial charge in [0.15, 0.2) is 0 Å². The fraction of sp³-hybridized carbons (Fsp3) is 0.625. The van der Waals surface area contributed by atoms with Crippen molar-refractivity contribution in [3.8, 4) is 0 Å². The summed E-state index contributed by atoms with van der Waals surface area (Å²) in [5.74, 6) is 0.891. The third-order valence-corrected chi connectivity index (χ3v) is 3.34. The van der Waals surface area contributed by atoms with E-state index >= 15 is 0 Å². The lowest BCUT2D eigenvalue weighted by Gasteiger charge is -2.15. The van der Waals surface area contributed by atoms with Crippen LogP contribution in [0.4, 0.5) is 10.6 Å². The van der Waals surface area contributed by atoms with Crippen molar-refractivity contribution in [3.63, 3.8) is 0 Å². The van der Waals surface area contributed by atoms with Gasteiger partial charge in [-0.15, -0.1) is 0 Å². The summed E-state index contributed by atoms with van der Waals surface area (Å²) in [5, 5.41) is 5.86. The predicted molar refractivity (Wildman–Crippen MR) is 87.5 cm³/mol. The van der Waals surface area contributed by atoms with Crippen LogP contribution in [0.3, 0.4) is 0 Å². The Hall–Kier alpha value is -1.78. The lowest BCUT2D eigenvalue weighted by molar-refractivity contribution is 0.236. The molecular weight excluding hydrogens is 264 g/mol. The van der Waals surface area contributed by atoms with E-state index in [9.17, 15) is 4.79 Å². The summed E-state index contributed by atoms with van der Waals surface area (Å²) in [6.45, 7) is 4.74. The number of urea groups is 1. The number of hydrogen-bond donors (Lipinski definition) is 2. The molecule has 1 aromatic heterocycles. The molecule has 0 saturated carbocycles. The minimum absolute atomic E-state index is 0.109. The first kappa shape index (κ1) is 17.3. The monoisotopic (exact) mass is 292 g/mol. The van der Waals surface area contributed by atoms with E-state index in [-0.39, 0.29) is 12.1 Å². The summed E-state index contributed by atoms with van der Waals surface area (Å²) in [6.07, 6.45) is 6.38. The molecule has 0 spiro atoms. The number of nitrogens with zero attached hydrogens (tertiary/aromatic N) is 2. The van der Waals surface area contributed by atoms with Crippen molar-refractivity contribution < 1.29 is 4.79 Å². The zero-order chi connectivity index (χ0) is 15.7. The Morgan fingerprint density at radius 2 is 2.14 bits per heavy atom. The first-order chi connectivity index (χ1) is 10.0. The lowest BCUT2D eigenvalue weighted by atomic mass is 10.1. The summed E-state index contributed by atoms with van der Waals surface area (Å²) in [4.78, 5) is 18.0. The lowest BCUT2D eigenvalue weighted by Crippen LogP contribution is -2.40. The highest BCUT2D eigenvalue weighted by atomic mass is 16.2. The Morgan fingerprint density at radius 1 is 1.38 bits per heavy atom. The molecule has 1 heterocycles. The number of pyridine rings is 1. The third kappa shape index (κ3) is 6.97. The SMILES string of the molecule is CCCCCC(C)NC(=O)NCc1ccnc(N(C)C)c1. The number of amides is 2. The van der Waals surface area contributed by atoms with Crippen molar-refractivity contribution in [3.05, 3.63) is 23.9 Å². The van der Waals surface area contributed by atoms with Crippen molar-refractivity contribution in [1.82, 2.24) is 15.6 Å². The highest BCUT2D eigenvalue weighted by Gasteiger charge is 2.07. The molecule has 5 nitrogen and oxygen atoms in total. The molecule has 2 N–H and O–H groups in total. The van der Waals surface area contributed by atoms with E-state index in [2.05, 4.69) is 22.5 Å². The second kappa shape index (κ2) is 9.21. The predicted octanol–water partition coefficient (Wildman–Crippen LogP) is 2.92. The molecule has 0 fully saturated rings. The van der Waals surface area contributed by atoms with E-state index < -0.39 is 0 Å². The molecule has 1 rings (SSSR count). The van der Waals surface area contributed by atoms with Crippen LogP contribution in [0, 0.1) is 0 Å². The molecular formula is C16H28N4O. The fourth-order valence-corrected chi connectivity index (χ4v) is 2.04. The molecule has 0 aliphatic heterocycles. The zero-order valence-corrected chi connectivity index (χ0v) is 13.6. The van der Waals surface area contributed by atoms with Gasteiger partial charge in [-0.05, 0) is 31.0 Å². The highest BCUT2D eigenvalue weighted by molar-refractivity contribution is 5.74. The molecule has 1 atom stereocenters. The van der Waals surface area contributed by atoms with Gasteiger partial charge < -0.3 is 15.5 Å². The number of rotatable bonds is 8. The van der Waals surface area contributed by atoms with Crippen LogP contribution >= 0.6 is 0 Å². The standard InChI is InChI=1S/C16H28N4O/c1-5-6-7-8-13(2)19-16(21)18-12-14-9-10-17-15(11-14)20(3)4/h9-11,13H,5-8,12H2,1-4H3,(H2,18,19,21). The quantitative estimate of drug-likeness (QED) is 0.724. The minimum atomic E-state index is -0.109. The molecule has 0 bridgehead atoms. The summed E-state index contributed by atoms with van der Waals surface area (Å²) in [7, 11) is 3.90. The van der Waals surface area contributed by atoms with Crippen LogP contribution < -0.4 is 15.5 Å². The molecule has 0 aliphatic rings. The maximum absolute atomic E-state index is 11.8. The van der Waals surface area contributed by atoms with E-state index in [0.717, 1.165) is 24.2 Å². The second-order valence-electron chi connectivity index (χ2n) is 5.64. The normalized spacial score (nSPS) is 11.8. The first-order valence-electron chi connectivity index (χ1n) is 7.69. The molecule has 0 aliphatic carbocycles. The van der Waals surface area contributed by atoms with Crippen LogP contribution in [-0.2, 0) is 6.54 Å². The number of hydrogen-bond acceptors (Lipinski definition) is 3. The van der Waals surface area contributed by atoms with Crippen molar-refractivity contribution in [1.29, 1.82) is 0 Å². The van der Waals surface area contributed by atoms with Gasteiger partial charge in [0.05, 0.1) is 0 Å². The van der Waals surface area contributed by atoms with Gasteiger partial charge in [-0.3, -0.25) is 0 Å². The van der Waals surface area contributed by atoms with Crippen molar-refractivity contribution in [2.75, 3.05) is 19.0 Å². The Morgan fingerprint density at radius 3 is 2.81 bits per heavy atom. The van der Waals surface area contributed by atoms with E-state index in [0.29, 0.717) is 6.54 Å². The minimum Gasteiger partial charge on any atom is -0.363 e. The Bertz CT molecular complexity index is 434. The number of unbranched alkanes of at least 4 members (excludes halogenated alkanes) is 2. The molecule has 1 unspecified atom stereocenters. The molecule has 1 aromatic rings. The third-order valence-electron chi connectivity index (χ3n) is 3.34. The number of carbonyl (C=O) groups is 1. The van der Waals surface area contributed by atoms with Gasteiger partial charge >= 0.3 is 6.03 Å². The van der Waals surface area contributed by atoms with Gasteiger partial charge in [0.2, 0.25) is 0 Å².